The van der Waals surface area contributed by atoms with E-state index in [0.29, 0.717) is 31.0 Å². The first-order valence-electron chi connectivity index (χ1n) is 8.36. The number of carbonyl (C=O) groups is 1. The molecule has 26 heavy (non-hydrogen) atoms. The van der Waals surface area contributed by atoms with Gasteiger partial charge in [0.2, 0.25) is 0 Å². The van der Waals surface area contributed by atoms with Gasteiger partial charge in [0.25, 0.3) is 11.8 Å². The molecular weight excluding hydrogens is 337 g/mol. The van der Waals surface area contributed by atoms with E-state index in [4.69, 9.17) is 9.15 Å². The third-order valence-electron chi connectivity index (χ3n) is 4.48. The zero-order valence-corrected chi connectivity index (χ0v) is 14.3. The maximum atomic E-state index is 13.9. The van der Waals surface area contributed by atoms with Crippen molar-refractivity contribution in [3.05, 3.63) is 71.8 Å². The molecule has 1 amide bonds. The molecule has 1 atom stereocenters. The molecule has 0 spiro atoms. The lowest BCUT2D eigenvalue weighted by atomic mass is 10.2. The molecule has 1 aliphatic heterocycles. The Bertz CT molecular complexity index is 934. The number of rotatable bonds is 3. The van der Waals surface area contributed by atoms with Crippen molar-refractivity contribution in [3.8, 4) is 5.88 Å². The number of halogens is 1. The first-order valence-corrected chi connectivity index (χ1v) is 8.36. The lowest BCUT2D eigenvalue weighted by Crippen LogP contribution is -2.39. The Hall–Kier alpha value is -3.09. The quantitative estimate of drug-likeness (QED) is 0.725. The Morgan fingerprint density at radius 2 is 2.19 bits per heavy atom. The molecule has 4 heterocycles. The molecule has 3 aromatic rings. The summed E-state index contributed by atoms with van der Waals surface area (Å²) in [5.41, 5.74) is 1.51. The first-order chi connectivity index (χ1) is 12.6. The molecule has 0 aromatic carbocycles. The van der Waals surface area contributed by atoms with Gasteiger partial charge in [0.1, 0.15) is 11.9 Å². The standard InChI is InChI=1S/C19H18FN3O3/c1-13-16(6-9-25-13)19(24)23-10-14-4-3-8-22(14)11-15(12-23)26-18-17(20)5-2-7-21-18/h2-9,15H,10-12H2,1H3. The largest absolute Gasteiger partial charge is 0.469 e. The number of ether oxygens (including phenoxy) is 1. The van der Waals surface area contributed by atoms with Gasteiger partial charge >= 0.3 is 0 Å². The van der Waals surface area contributed by atoms with Crippen molar-refractivity contribution in [2.24, 2.45) is 0 Å². The van der Waals surface area contributed by atoms with Crippen LogP contribution < -0.4 is 4.74 Å². The van der Waals surface area contributed by atoms with Gasteiger partial charge in [0.15, 0.2) is 5.82 Å². The minimum Gasteiger partial charge on any atom is -0.469 e. The molecule has 6 nitrogen and oxygen atoms in total. The van der Waals surface area contributed by atoms with Gasteiger partial charge in [0.05, 0.1) is 31.5 Å². The molecule has 0 N–H and O–H groups in total. The number of aromatic nitrogens is 2. The Labute approximate surface area is 149 Å². The van der Waals surface area contributed by atoms with E-state index in [1.54, 1.807) is 17.9 Å². The highest BCUT2D eigenvalue weighted by Gasteiger charge is 2.28. The number of nitrogens with zero attached hydrogens (tertiary/aromatic N) is 3. The topological polar surface area (TPSA) is 60.5 Å². The van der Waals surface area contributed by atoms with E-state index in [-0.39, 0.29) is 11.8 Å². The average Bonchev–Trinajstić information content (AvgIpc) is 3.21. The highest BCUT2D eigenvalue weighted by atomic mass is 19.1. The fraction of sp³-hybridized carbons (Fsp3) is 0.263. The lowest BCUT2D eigenvalue weighted by Gasteiger charge is -2.24. The fourth-order valence-electron chi connectivity index (χ4n) is 3.18. The Kier molecular flexibility index (Phi) is 4.20. The zero-order chi connectivity index (χ0) is 18.1. The number of fused-ring (bicyclic) bond motifs is 1. The fourth-order valence-corrected chi connectivity index (χ4v) is 3.18. The maximum absolute atomic E-state index is 13.9. The van der Waals surface area contributed by atoms with Crippen LogP contribution >= 0.6 is 0 Å². The van der Waals surface area contributed by atoms with Crippen LogP contribution in [0, 0.1) is 12.7 Å². The van der Waals surface area contributed by atoms with Crippen molar-refractivity contribution in [3.63, 3.8) is 0 Å². The van der Waals surface area contributed by atoms with Crippen molar-refractivity contribution in [1.82, 2.24) is 14.5 Å². The summed E-state index contributed by atoms with van der Waals surface area (Å²) in [5.74, 6) is -0.142. The van der Waals surface area contributed by atoms with Crippen molar-refractivity contribution in [2.45, 2.75) is 26.1 Å². The van der Waals surface area contributed by atoms with Gasteiger partial charge in [0, 0.05) is 18.1 Å². The molecule has 7 heteroatoms. The molecule has 0 fully saturated rings. The van der Waals surface area contributed by atoms with E-state index in [0.717, 1.165) is 5.69 Å². The predicted octanol–water partition coefficient (Wildman–Crippen LogP) is 3.03. The summed E-state index contributed by atoms with van der Waals surface area (Å²) in [6.45, 7) is 3.03. The molecule has 3 aromatic heterocycles. The van der Waals surface area contributed by atoms with Crippen LogP contribution in [0.5, 0.6) is 5.88 Å². The monoisotopic (exact) mass is 355 g/mol. The number of aryl methyl sites for hydroxylation is 1. The van der Waals surface area contributed by atoms with Gasteiger partial charge in [-0.15, -0.1) is 0 Å². The molecule has 1 unspecified atom stereocenters. The Balaban J connectivity index is 1.62. The van der Waals surface area contributed by atoms with Crippen LogP contribution in [0.15, 0.2) is 53.4 Å². The number of hydrogen-bond acceptors (Lipinski definition) is 4. The number of carbonyl (C=O) groups excluding carboxylic acids is 1. The van der Waals surface area contributed by atoms with Gasteiger partial charge in [-0.05, 0) is 37.3 Å². The van der Waals surface area contributed by atoms with E-state index >= 15 is 0 Å². The van der Waals surface area contributed by atoms with Gasteiger partial charge in [-0.3, -0.25) is 4.79 Å². The van der Waals surface area contributed by atoms with Gasteiger partial charge in [-0.1, -0.05) is 0 Å². The number of amides is 1. The first kappa shape index (κ1) is 16.4. The molecule has 0 aliphatic carbocycles. The van der Waals surface area contributed by atoms with Crippen molar-refractivity contribution < 1.29 is 18.3 Å². The van der Waals surface area contributed by atoms with Crippen LogP contribution in [0.3, 0.4) is 0 Å². The normalized spacial score (nSPS) is 16.8. The van der Waals surface area contributed by atoms with E-state index < -0.39 is 11.9 Å². The number of hydrogen-bond donors (Lipinski definition) is 0. The van der Waals surface area contributed by atoms with Crippen LogP contribution in [-0.4, -0.2) is 33.0 Å². The molecule has 134 valence electrons. The second kappa shape index (κ2) is 6.67. The smallest absolute Gasteiger partial charge is 0.257 e. The Morgan fingerprint density at radius 1 is 1.31 bits per heavy atom. The van der Waals surface area contributed by atoms with Crippen LogP contribution in [0.4, 0.5) is 4.39 Å². The summed E-state index contributed by atoms with van der Waals surface area (Å²) < 4.78 is 27.0. The SMILES string of the molecule is Cc1occc1C(=O)N1Cc2cccn2CC(Oc2ncccc2F)C1. The second-order valence-electron chi connectivity index (χ2n) is 6.26. The third kappa shape index (κ3) is 3.08. The van der Waals surface area contributed by atoms with E-state index in [2.05, 4.69) is 4.98 Å². The van der Waals surface area contributed by atoms with Gasteiger partial charge < -0.3 is 18.6 Å². The summed E-state index contributed by atoms with van der Waals surface area (Å²) in [6.07, 6.45) is 4.48. The molecule has 0 saturated heterocycles. The molecular formula is C19H18FN3O3. The molecule has 4 rings (SSSR count). The molecule has 0 saturated carbocycles. The number of pyridine rings is 1. The van der Waals surface area contributed by atoms with Gasteiger partial charge in [-0.2, -0.15) is 0 Å². The highest BCUT2D eigenvalue weighted by molar-refractivity contribution is 5.95. The summed E-state index contributed by atoms with van der Waals surface area (Å²) in [4.78, 5) is 18.6. The molecule has 1 aliphatic rings. The highest BCUT2D eigenvalue weighted by Crippen LogP contribution is 2.21. The van der Waals surface area contributed by atoms with Crippen molar-refractivity contribution in [2.75, 3.05) is 6.54 Å². The van der Waals surface area contributed by atoms with Crippen LogP contribution in [0.25, 0.3) is 0 Å². The summed E-state index contributed by atoms with van der Waals surface area (Å²) in [5, 5.41) is 0. The maximum Gasteiger partial charge on any atom is 0.257 e. The van der Waals surface area contributed by atoms with E-state index in [1.807, 2.05) is 22.9 Å². The molecule has 0 radical (unpaired) electrons. The Morgan fingerprint density at radius 3 is 2.96 bits per heavy atom. The van der Waals surface area contributed by atoms with Crippen molar-refractivity contribution >= 4 is 5.91 Å². The summed E-state index contributed by atoms with van der Waals surface area (Å²) in [6, 6.07) is 8.36. The second-order valence-corrected chi connectivity index (χ2v) is 6.26. The molecule has 0 bridgehead atoms. The van der Waals surface area contributed by atoms with Crippen LogP contribution in [0.2, 0.25) is 0 Å². The van der Waals surface area contributed by atoms with Crippen LogP contribution in [-0.2, 0) is 13.1 Å². The third-order valence-corrected chi connectivity index (χ3v) is 4.48. The predicted molar refractivity (Wildman–Crippen MR) is 91.2 cm³/mol. The average molecular weight is 355 g/mol. The van der Waals surface area contributed by atoms with E-state index in [1.165, 1.54) is 24.6 Å². The van der Waals surface area contributed by atoms with E-state index in [9.17, 15) is 9.18 Å². The minimum atomic E-state index is -0.520. The number of furan rings is 1. The lowest BCUT2D eigenvalue weighted by molar-refractivity contribution is 0.0639. The zero-order valence-electron chi connectivity index (χ0n) is 14.3. The summed E-state index contributed by atoms with van der Waals surface area (Å²) in [7, 11) is 0. The van der Waals surface area contributed by atoms with Gasteiger partial charge in [-0.25, -0.2) is 9.37 Å². The van der Waals surface area contributed by atoms with Crippen LogP contribution in [0.1, 0.15) is 21.8 Å². The van der Waals surface area contributed by atoms with Crippen molar-refractivity contribution in [1.29, 1.82) is 0 Å². The summed E-state index contributed by atoms with van der Waals surface area (Å²) >= 11 is 0. The minimum absolute atomic E-state index is 0.0556.